The molecule has 7 nitrogen and oxygen atoms in total. The monoisotopic (exact) mass is 507 g/mol. The summed E-state index contributed by atoms with van der Waals surface area (Å²) >= 11 is 6.64. The van der Waals surface area contributed by atoms with Crippen LogP contribution >= 0.6 is 11.6 Å². The van der Waals surface area contributed by atoms with Gasteiger partial charge in [-0.3, -0.25) is 4.90 Å². The molecule has 4 heterocycles. The highest BCUT2D eigenvalue weighted by Crippen LogP contribution is 2.40. The van der Waals surface area contributed by atoms with Crippen LogP contribution in [0.5, 0.6) is 0 Å². The minimum Gasteiger partial charge on any atom is -0.444 e. The predicted octanol–water partition coefficient (Wildman–Crippen LogP) is 5.14. The normalized spacial score (nSPS) is 22.1. The minimum atomic E-state index is -0.518. The van der Waals surface area contributed by atoms with E-state index in [0.717, 1.165) is 55.7 Å². The summed E-state index contributed by atoms with van der Waals surface area (Å²) in [5.41, 5.74) is 3.37. The first-order valence-electron chi connectivity index (χ1n) is 12.9. The second kappa shape index (κ2) is 9.91. The third-order valence-corrected chi connectivity index (χ3v) is 7.66. The Balaban J connectivity index is 1.43. The van der Waals surface area contributed by atoms with E-state index in [1.165, 1.54) is 5.56 Å². The lowest BCUT2D eigenvalue weighted by Gasteiger charge is -2.51. The maximum atomic E-state index is 12.9. The SMILES string of the molecule is CC(C)(C)OC(=O)N1C[C@H]2CCC[C@@H](C1)N2c1nc(Cl)c(C#N)c2c1CCN(Cc1ccccc1)C2. The van der Waals surface area contributed by atoms with Crippen molar-refractivity contribution in [3.63, 3.8) is 0 Å². The number of fused-ring (bicyclic) bond motifs is 3. The molecule has 0 saturated carbocycles. The molecule has 0 spiro atoms. The summed E-state index contributed by atoms with van der Waals surface area (Å²) in [4.78, 5) is 24.3. The number of ether oxygens (including phenoxy) is 1. The number of carbonyl (C=O) groups excluding carboxylic acids is 1. The van der Waals surface area contributed by atoms with Crippen molar-refractivity contribution in [1.29, 1.82) is 5.26 Å². The molecule has 2 saturated heterocycles. The van der Waals surface area contributed by atoms with Crippen LogP contribution in [0.1, 0.15) is 62.3 Å². The molecule has 190 valence electrons. The van der Waals surface area contributed by atoms with Crippen LogP contribution in [-0.4, -0.2) is 58.2 Å². The average Bonchev–Trinajstić information content (AvgIpc) is 2.82. The van der Waals surface area contributed by atoms with Crippen LogP contribution in [0.3, 0.4) is 0 Å². The van der Waals surface area contributed by atoms with Gasteiger partial charge in [0.25, 0.3) is 0 Å². The zero-order chi connectivity index (χ0) is 25.4. The number of rotatable bonds is 3. The maximum Gasteiger partial charge on any atom is 0.410 e. The van der Waals surface area contributed by atoms with E-state index in [1.807, 2.05) is 31.7 Å². The van der Waals surface area contributed by atoms with E-state index in [2.05, 4.69) is 40.1 Å². The summed E-state index contributed by atoms with van der Waals surface area (Å²) in [5, 5.41) is 10.2. The highest BCUT2D eigenvalue weighted by Gasteiger charge is 2.42. The van der Waals surface area contributed by atoms with Crippen LogP contribution in [0.2, 0.25) is 5.15 Å². The first-order valence-corrected chi connectivity index (χ1v) is 13.2. The quantitative estimate of drug-likeness (QED) is 0.535. The number of nitrogens with zero attached hydrogens (tertiary/aromatic N) is 5. The molecule has 2 atom stereocenters. The van der Waals surface area contributed by atoms with Crippen LogP contribution < -0.4 is 4.90 Å². The van der Waals surface area contributed by atoms with E-state index in [-0.39, 0.29) is 23.3 Å². The summed E-state index contributed by atoms with van der Waals surface area (Å²) in [6.07, 6.45) is 3.68. The number of hydrogen-bond acceptors (Lipinski definition) is 6. The number of piperidine rings is 1. The molecule has 1 amide bonds. The first-order chi connectivity index (χ1) is 17.2. The van der Waals surface area contributed by atoms with E-state index in [9.17, 15) is 10.1 Å². The van der Waals surface area contributed by atoms with Gasteiger partial charge in [0.1, 0.15) is 22.6 Å². The number of halogens is 1. The van der Waals surface area contributed by atoms with Crippen molar-refractivity contribution < 1.29 is 9.53 Å². The Morgan fingerprint density at radius 1 is 1.17 bits per heavy atom. The lowest BCUT2D eigenvalue weighted by molar-refractivity contribution is 0.0154. The number of benzene rings is 1. The fourth-order valence-corrected chi connectivity index (χ4v) is 6.11. The van der Waals surface area contributed by atoms with Gasteiger partial charge in [-0.2, -0.15) is 5.26 Å². The van der Waals surface area contributed by atoms with Gasteiger partial charge in [-0.05, 0) is 57.6 Å². The predicted molar refractivity (Wildman–Crippen MR) is 140 cm³/mol. The smallest absolute Gasteiger partial charge is 0.410 e. The lowest BCUT2D eigenvalue weighted by atomic mass is 9.89. The molecule has 36 heavy (non-hydrogen) atoms. The van der Waals surface area contributed by atoms with Gasteiger partial charge >= 0.3 is 6.09 Å². The Morgan fingerprint density at radius 2 is 1.86 bits per heavy atom. The van der Waals surface area contributed by atoms with Crippen molar-refractivity contribution >= 4 is 23.5 Å². The van der Waals surface area contributed by atoms with Crippen LogP contribution in [0.15, 0.2) is 30.3 Å². The van der Waals surface area contributed by atoms with Gasteiger partial charge in [0.2, 0.25) is 0 Å². The zero-order valence-corrected chi connectivity index (χ0v) is 22.1. The molecule has 2 fully saturated rings. The number of aromatic nitrogens is 1. The molecule has 0 aliphatic carbocycles. The molecule has 0 unspecified atom stereocenters. The maximum absolute atomic E-state index is 12.9. The summed E-state index contributed by atoms with van der Waals surface area (Å²) in [6.45, 7) is 9.33. The standard InChI is InChI=1S/C28H34ClN5O2/c1-28(2,3)36-27(35)33-16-20-10-7-11-21(17-33)34(20)26-22-12-13-32(15-19-8-5-4-6-9-19)18-24(22)23(14-30)25(29)31-26/h4-6,8-9,20-21H,7,10-13,15-18H2,1-3H3/t20-,21+. The molecule has 3 aliphatic heterocycles. The Labute approximate surface area is 218 Å². The first kappa shape index (κ1) is 24.9. The summed E-state index contributed by atoms with van der Waals surface area (Å²) in [6, 6.07) is 13.1. The van der Waals surface area contributed by atoms with Crippen molar-refractivity contribution in [1.82, 2.24) is 14.8 Å². The van der Waals surface area contributed by atoms with Gasteiger partial charge in [0, 0.05) is 50.4 Å². The number of piperazine rings is 1. The number of nitriles is 1. The molecule has 1 aromatic carbocycles. The topological polar surface area (TPSA) is 72.7 Å². The van der Waals surface area contributed by atoms with E-state index in [1.54, 1.807) is 0 Å². The third kappa shape index (κ3) is 5.02. The Hall–Kier alpha value is -2.82. The largest absolute Gasteiger partial charge is 0.444 e. The molecule has 1 aromatic heterocycles. The van der Waals surface area contributed by atoms with Gasteiger partial charge in [0.15, 0.2) is 0 Å². The third-order valence-electron chi connectivity index (χ3n) is 7.39. The van der Waals surface area contributed by atoms with Crippen LogP contribution in [0.4, 0.5) is 10.6 Å². The summed E-state index contributed by atoms with van der Waals surface area (Å²) in [5.74, 6) is 0.909. The van der Waals surface area contributed by atoms with Gasteiger partial charge in [-0.1, -0.05) is 41.9 Å². The molecule has 2 aromatic rings. The van der Waals surface area contributed by atoms with Crippen molar-refractivity contribution in [2.45, 2.75) is 77.2 Å². The second-order valence-corrected chi connectivity index (χ2v) is 11.5. The summed E-state index contributed by atoms with van der Waals surface area (Å²) in [7, 11) is 0. The van der Waals surface area contributed by atoms with Crippen molar-refractivity contribution in [2.75, 3.05) is 24.5 Å². The Morgan fingerprint density at radius 3 is 2.50 bits per heavy atom. The minimum absolute atomic E-state index is 0.160. The van der Waals surface area contributed by atoms with Gasteiger partial charge < -0.3 is 14.5 Å². The Bertz CT molecular complexity index is 1160. The highest BCUT2D eigenvalue weighted by molar-refractivity contribution is 6.30. The summed E-state index contributed by atoms with van der Waals surface area (Å²) < 4.78 is 5.67. The Kier molecular flexibility index (Phi) is 6.84. The lowest BCUT2D eigenvalue weighted by Crippen LogP contribution is -2.63. The van der Waals surface area contributed by atoms with Crippen LogP contribution in [0, 0.1) is 11.3 Å². The number of hydrogen-bond donors (Lipinski definition) is 0. The number of carbonyl (C=O) groups is 1. The molecule has 0 N–H and O–H groups in total. The van der Waals surface area contributed by atoms with Gasteiger partial charge in [0.05, 0.1) is 5.56 Å². The van der Waals surface area contributed by atoms with E-state index in [4.69, 9.17) is 21.3 Å². The highest BCUT2D eigenvalue weighted by atomic mass is 35.5. The van der Waals surface area contributed by atoms with E-state index < -0.39 is 5.60 Å². The fourth-order valence-electron chi connectivity index (χ4n) is 5.87. The molecule has 8 heteroatoms. The number of amides is 1. The average molecular weight is 508 g/mol. The molecular formula is C28H34ClN5O2. The van der Waals surface area contributed by atoms with Crippen molar-refractivity contribution in [2.24, 2.45) is 0 Å². The second-order valence-electron chi connectivity index (χ2n) is 11.1. The van der Waals surface area contributed by atoms with Crippen LogP contribution in [0.25, 0.3) is 0 Å². The van der Waals surface area contributed by atoms with Gasteiger partial charge in [-0.25, -0.2) is 9.78 Å². The molecule has 3 aliphatic rings. The van der Waals surface area contributed by atoms with Crippen molar-refractivity contribution in [3.8, 4) is 6.07 Å². The molecular weight excluding hydrogens is 474 g/mol. The number of pyridine rings is 1. The van der Waals surface area contributed by atoms with Crippen LogP contribution in [-0.2, 0) is 24.2 Å². The molecule has 5 rings (SSSR count). The van der Waals surface area contributed by atoms with E-state index in [0.29, 0.717) is 25.2 Å². The number of likely N-dealkylation sites (tertiary alicyclic amines) is 1. The zero-order valence-electron chi connectivity index (χ0n) is 21.3. The molecule has 0 radical (unpaired) electrons. The van der Waals surface area contributed by atoms with Gasteiger partial charge in [-0.15, -0.1) is 0 Å². The van der Waals surface area contributed by atoms with Crippen molar-refractivity contribution in [3.05, 3.63) is 57.7 Å². The fraction of sp³-hybridized carbons (Fsp3) is 0.536. The molecule has 2 bridgehead atoms. The number of anilines is 1. The van der Waals surface area contributed by atoms with E-state index >= 15 is 0 Å².